The van der Waals surface area contributed by atoms with Crippen LogP contribution in [0.25, 0.3) is 10.2 Å². The van der Waals surface area contributed by atoms with Crippen molar-refractivity contribution < 1.29 is 9.53 Å². The number of benzene rings is 1. The minimum Gasteiger partial charge on any atom is -0.495 e. The molecule has 0 unspecified atom stereocenters. The van der Waals surface area contributed by atoms with Gasteiger partial charge in [-0.3, -0.25) is 14.2 Å². The second-order valence-electron chi connectivity index (χ2n) is 6.93. The molecule has 0 spiro atoms. The van der Waals surface area contributed by atoms with Crippen molar-refractivity contribution in [2.45, 2.75) is 31.3 Å². The van der Waals surface area contributed by atoms with Crippen molar-refractivity contribution in [1.82, 2.24) is 9.55 Å². The molecule has 29 heavy (non-hydrogen) atoms. The van der Waals surface area contributed by atoms with Crippen molar-refractivity contribution >= 4 is 56.5 Å². The third kappa shape index (κ3) is 3.76. The fourth-order valence-electron chi connectivity index (χ4n) is 3.48. The van der Waals surface area contributed by atoms with Crippen LogP contribution < -0.4 is 15.6 Å². The minimum atomic E-state index is -0.210. The first-order valence-corrected chi connectivity index (χ1v) is 11.3. The summed E-state index contributed by atoms with van der Waals surface area (Å²) >= 11 is 8.96. The zero-order valence-corrected chi connectivity index (χ0v) is 18.7. The highest BCUT2D eigenvalue weighted by molar-refractivity contribution is 7.99. The molecule has 2 heterocycles. The maximum absolute atomic E-state index is 12.8. The van der Waals surface area contributed by atoms with Crippen LogP contribution in [0.3, 0.4) is 0 Å². The highest BCUT2D eigenvalue weighted by atomic mass is 35.5. The van der Waals surface area contributed by atoms with E-state index in [9.17, 15) is 9.59 Å². The lowest BCUT2D eigenvalue weighted by molar-refractivity contribution is -0.113. The number of nitrogens with zero attached hydrogens (tertiary/aromatic N) is 2. The summed E-state index contributed by atoms with van der Waals surface area (Å²) in [6.07, 6.45) is 3.07. The number of fused-ring (bicyclic) bond motifs is 3. The number of thiophene rings is 1. The summed E-state index contributed by atoms with van der Waals surface area (Å²) in [5.41, 5.74) is 2.53. The molecule has 0 aliphatic heterocycles. The second kappa shape index (κ2) is 8.01. The maximum atomic E-state index is 12.8. The molecule has 9 heteroatoms. The van der Waals surface area contributed by atoms with Crippen LogP contribution in [0.4, 0.5) is 5.69 Å². The lowest BCUT2D eigenvalue weighted by Gasteiger charge is -2.12. The Morgan fingerprint density at radius 2 is 2.21 bits per heavy atom. The van der Waals surface area contributed by atoms with E-state index in [2.05, 4.69) is 10.3 Å². The van der Waals surface area contributed by atoms with Gasteiger partial charge in [0.05, 0.1) is 23.9 Å². The number of anilines is 1. The average molecular weight is 450 g/mol. The van der Waals surface area contributed by atoms with Gasteiger partial charge in [0.15, 0.2) is 5.16 Å². The monoisotopic (exact) mass is 449 g/mol. The predicted molar refractivity (Wildman–Crippen MR) is 119 cm³/mol. The van der Waals surface area contributed by atoms with Gasteiger partial charge in [-0.2, -0.15) is 0 Å². The third-order valence-corrected chi connectivity index (χ3v) is 7.62. The normalized spacial score (nSPS) is 13.0. The molecule has 1 amide bonds. The van der Waals surface area contributed by atoms with Crippen molar-refractivity contribution in [1.29, 1.82) is 0 Å². The molecule has 1 N–H and O–H groups in total. The smallest absolute Gasteiger partial charge is 0.262 e. The number of nitrogens with one attached hydrogen (secondary N) is 1. The molecule has 4 rings (SSSR count). The Kier molecular flexibility index (Phi) is 5.59. The van der Waals surface area contributed by atoms with Crippen LogP contribution in [0.5, 0.6) is 5.75 Å². The minimum absolute atomic E-state index is 0.0349. The lowest BCUT2D eigenvalue weighted by atomic mass is 10.2. The van der Waals surface area contributed by atoms with Crippen molar-refractivity contribution in [2.75, 3.05) is 18.2 Å². The molecular weight excluding hydrogens is 430 g/mol. The van der Waals surface area contributed by atoms with E-state index in [1.165, 1.54) is 23.7 Å². The average Bonchev–Trinajstić information content (AvgIpc) is 3.27. The highest BCUT2D eigenvalue weighted by Gasteiger charge is 2.22. The summed E-state index contributed by atoms with van der Waals surface area (Å²) in [5, 5.41) is 4.71. The number of amides is 1. The Morgan fingerprint density at radius 1 is 1.41 bits per heavy atom. The summed E-state index contributed by atoms with van der Waals surface area (Å²) in [4.78, 5) is 32.0. The van der Waals surface area contributed by atoms with E-state index in [1.54, 1.807) is 35.1 Å². The van der Waals surface area contributed by atoms with E-state index in [0.29, 0.717) is 21.6 Å². The van der Waals surface area contributed by atoms with Gasteiger partial charge in [-0.15, -0.1) is 11.3 Å². The second-order valence-corrected chi connectivity index (χ2v) is 9.37. The van der Waals surface area contributed by atoms with Crippen LogP contribution in [0.1, 0.15) is 22.4 Å². The molecule has 0 atom stereocenters. The Hall–Kier alpha value is -2.03. The van der Waals surface area contributed by atoms with Crippen LogP contribution >= 0.6 is 34.7 Å². The molecule has 0 radical (unpaired) electrons. The first-order valence-electron chi connectivity index (χ1n) is 9.17. The van der Waals surface area contributed by atoms with Crippen LogP contribution in [0, 0.1) is 6.92 Å². The molecule has 0 bridgehead atoms. The molecular formula is C20H20ClN3O3S2. The quantitative estimate of drug-likeness (QED) is 0.467. The molecule has 1 aliphatic rings. The molecule has 2 aromatic heterocycles. The summed E-state index contributed by atoms with van der Waals surface area (Å²) in [6.45, 7) is 1.86. The fraction of sp³-hybridized carbons (Fsp3) is 0.350. The van der Waals surface area contributed by atoms with E-state index >= 15 is 0 Å². The molecule has 1 aliphatic carbocycles. The van der Waals surface area contributed by atoms with E-state index < -0.39 is 0 Å². The van der Waals surface area contributed by atoms with Crippen LogP contribution in [-0.4, -0.2) is 28.3 Å². The molecule has 0 saturated heterocycles. The maximum Gasteiger partial charge on any atom is 0.262 e. The number of ether oxygens (including phenoxy) is 1. The van der Waals surface area contributed by atoms with E-state index in [1.807, 2.05) is 6.92 Å². The molecule has 1 aromatic carbocycles. The lowest BCUT2D eigenvalue weighted by Crippen LogP contribution is -2.21. The summed E-state index contributed by atoms with van der Waals surface area (Å²) in [7, 11) is 3.23. The van der Waals surface area contributed by atoms with Crippen LogP contribution in [0.2, 0.25) is 5.02 Å². The fourth-order valence-corrected chi connectivity index (χ4v) is 5.71. The first-order chi connectivity index (χ1) is 13.9. The number of hydrogen-bond acceptors (Lipinski definition) is 6. The third-order valence-electron chi connectivity index (χ3n) is 4.99. The Morgan fingerprint density at radius 3 is 2.97 bits per heavy atom. The van der Waals surface area contributed by atoms with Crippen molar-refractivity contribution in [3.05, 3.63) is 43.5 Å². The zero-order chi connectivity index (χ0) is 20.7. The van der Waals surface area contributed by atoms with Gasteiger partial charge in [0.1, 0.15) is 10.6 Å². The van der Waals surface area contributed by atoms with E-state index in [4.69, 9.17) is 16.3 Å². The van der Waals surface area contributed by atoms with Gasteiger partial charge in [0.25, 0.3) is 5.56 Å². The topological polar surface area (TPSA) is 73.2 Å². The molecule has 3 aromatic rings. The molecule has 152 valence electrons. The van der Waals surface area contributed by atoms with Gasteiger partial charge in [0, 0.05) is 23.0 Å². The van der Waals surface area contributed by atoms with Gasteiger partial charge < -0.3 is 10.1 Å². The zero-order valence-electron chi connectivity index (χ0n) is 16.3. The van der Waals surface area contributed by atoms with Gasteiger partial charge >= 0.3 is 0 Å². The summed E-state index contributed by atoms with van der Waals surface area (Å²) in [5.74, 6) is 0.416. The van der Waals surface area contributed by atoms with Crippen molar-refractivity contribution in [3.8, 4) is 5.75 Å². The largest absolute Gasteiger partial charge is 0.495 e. The Balaban J connectivity index is 1.53. The Labute approximate surface area is 181 Å². The van der Waals surface area contributed by atoms with Crippen LogP contribution in [0.15, 0.2) is 22.1 Å². The number of hydrogen-bond donors (Lipinski definition) is 1. The first kappa shape index (κ1) is 20.3. The van der Waals surface area contributed by atoms with Gasteiger partial charge in [-0.1, -0.05) is 23.4 Å². The van der Waals surface area contributed by atoms with E-state index in [0.717, 1.165) is 40.6 Å². The number of aryl methyl sites for hydroxylation is 3. The number of methoxy groups -OCH3 is 1. The van der Waals surface area contributed by atoms with Crippen molar-refractivity contribution in [2.24, 2.45) is 7.05 Å². The summed E-state index contributed by atoms with van der Waals surface area (Å²) < 4.78 is 6.84. The number of rotatable bonds is 5. The van der Waals surface area contributed by atoms with E-state index in [-0.39, 0.29) is 17.2 Å². The van der Waals surface area contributed by atoms with Gasteiger partial charge in [-0.25, -0.2) is 4.98 Å². The van der Waals surface area contributed by atoms with Crippen LogP contribution in [-0.2, 0) is 24.7 Å². The predicted octanol–water partition coefficient (Wildman–Crippen LogP) is 4.18. The SMILES string of the molecule is COc1cc(Cl)c(C)cc1NC(=O)CSc1nc2sc3c(c2c(=O)n1C)CCC3. The van der Waals surface area contributed by atoms with Crippen molar-refractivity contribution in [3.63, 3.8) is 0 Å². The number of halogens is 1. The molecule has 0 saturated carbocycles. The highest BCUT2D eigenvalue weighted by Crippen LogP contribution is 2.35. The Bertz CT molecular complexity index is 1190. The number of thioether (sulfide) groups is 1. The standard InChI is InChI=1S/C20H20ClN3O3S2/c1-10-7-13(14(27-3)8-12(10)21)22-16(25)9-28-20-23-18-17(19(26)24(20)2)11-5-4-6-15(11)29-18/h7-8H,4-6,9H2,1-3H3,(H,22,25). The molecule has 6 nitrogen and oxygen atoms in total. The van der Waals surface area contributed by atoms with Gasteiger partial charge in [-0.05, 0) is 43.4 Å². The van der Waals surface area contributed by atoms with Gasteiger partial charge in [0.2, 0.25) is 5.91 Å². The number of carbonyl (C=O) groups is 1. The number of aromatic nitrogens is 2. The number of carbonyl (C=O) groups excluding carboxylic acids is 1. The summed E-state index contributed by atoms with van der Waals surface area (Å²) in [6, 6.07) is 3.45. The molecule has 0 fully saturated rings.